The fourth-order valence-corrected chi connectivity index (χ4v) is 2.89. The minimum Gasteiger partial charge on any atom is -0.487 e. The standard InChI is InChI=1S/C24H29NO3/c1-7-16-25(19-12-10-9-11-13-19)22-18(3)20(23(26)28-24(4,5)6)14-15-21(22)27-17-8-2/h7-15H,1-2,16-17H2,3-6H3. The SMILES string of the molecule is C=CCOc1ccc(C(=O)OC(C)(C)C)c(C)c1N(CC=C)c1ccccc1. The maximum absolute atomic E-state index is 12.8. The molecule has 148 valence electrons. The van der Waals surface area contributed by atoms with Gasteiger partial charge in [0.15, 0.2) is 0 Å². The second-order valence-electron chi connectivity index (χ2n) is 7.42. The molecule has 0 aliphatic carbocycles. The molecule has 0 fully saturated rings. The molecular weight excluding hydrogens is 350 g/mol. The molecule has 0 aliphatic rings. The maximum atomic E-state index is 12.8. The summed E-state index contributed by atoms with van der Waals surface area (Å²) in [6, 6.07) is 13.5. The summed E-state index contributed by atoms with van der Waals surface area (Å²) in [7, 11) is 0. The molecule has 28 heavy (non-hydrogen) atoms. The van der Waals surface area contributed by atoms with Crippen LogP contribution in [0.5, 0.6) is 5.75 Å². The molecule has 0 amide bonds. The Kier molecular flexibility index (Phi) is 7.05. The molecule has 0 aromatic heterocycles. The number of rotatable bonds is 8. The summed E-state index contributed by atoms with van der Waals surface area (Å²) >= 11 is 0. The van der Waals surface area contributed by atoms with E-state index in [1.54, 1.807) is 12.1 Å². The molecule has 0 heterocycles. The summed E-state index contributed by atoms with van der Waals surface area (Å²) in [6.07, 6.45) is 3.52. The number of ether oxygens (including phenoxy) is 2. The van der Waals surface area contributed by atoms with Gasteiger partial charge in [-0.2, -0.15) is 0 Å². The molecule has 0 unspecified atom stereocenters. The Morgan fingerprint density at radius 2 is 1.75 bits per heavy atom. The first-order chi connectivity index (χ1) is 13.3. The summed E-state index contributed by atoms with van der Waals surface area (Å²) in [6.45, 7) is 16.0. The molecule has 0 spiro atoms. The van der Waals surface area contributed by atoms with Gasteiger partial charge in [0.2, 0.25) is 0 Å². The lowest BCUT2D eigenvalue weighted by Crippen LogP contribution is -2.25. The first-order valence-electron chi connectivity index (χ1n) is 9.32. The van der Waals surface area contributed by atoms with E-state index in [0.717, 1.165) is 16.9 Å². The Labute approximate surface area is 168 Å². The van der Waals surface area contributed by atoms with Crippen molar-refractivity contribution in [1.82, 2.24) is 0 Å². The third-order valence-corrected chi connectivity index (χ3v) is 4.02. The van der Waals surface area contributed by atoms with Crippen LogP contribution in [0.25, 0.3) is 0 Å². The Balaban J connectivity index is 2.62. The molecular formula is C24H29NO3. The van der Waals surface area contributed by atoms with Gasteiger partial charge in [-0.1, -0.05) is 36.9 Å². The highest BCUT2D eigenvalue weighted by Gasteiger charge is 2.24. The number of carbonyl (C=O) groups is 1. The van der Waals surface area contributed by atoms with E-state index in [1.165, 1.54) is 0 Å². The molecule has 0 radical (unpaired) electrons. The smallest absolute Gasteiger partial charge is 0.338 e. The normalized spacial score (nSPS) is 10.9. The number of carbonyl (C=O) groups excluding carboxylic acids is 1. The van der Waals surface area contributed by atoms with Crippen molar-refractivity contribution in [3.63, 3.8) is 0 Å². The minimum absolute atomic E-state index is 0.354. The monoisotopic (exact) mass is 379 g/mol. The van der Waals surface area contributed by atoms with E-state index >= 15 is 0 Å². The highest BCUT2D eigenvalue weighted by Crippen LogP contribution is 2.39. The van der Waals surface area contributed by atoms with Gasteiger partial charge in [-0.05, 0) is 57.5 Å². The van der Waals surface area contributed by atoms with E-state index in [0.29, 0.717) is 24.5 Å². The van der Waals surface area contributed by atoms with E-state index in [4.69, 9.17) is 9.47 Å². The lowest BCUT2D eigenvalue weighted by atomic mass is 10.0. The third-order valence-electron chi connectivity index (χ3n) is 4.02. The zero-order valence-electron chi connectivity index (χ0n) is 17.2. The number of hydrogen-bond donors (Lipinski definition) is 0. The van der Waals surface area contributed by atoms with Crippen molar-refractivity contribution in [3.05, 3.63) is 78.9 Å². The van der Waals surface area contributed by atoms with E-state index < -0.39 is 5.60 Å². The molecule has 0 bridgehead atoms. The first-order valence-corrected chi connectivity index (χ1v) is 9.32. The van der Waals surface area contributed by atoms with Crippen molar-refractivity contribution in [3.8, 4) is 5.75 Å². The topological polar surface area (TPSA) is 38.8 Å². The second-order valence-corrected chi connectivity index (χ2v) is 7.42. The average Bonchev–Trinajstić information content (AvgIpc) is 2.64. The Morgan fingerprint density at radius 1 is 1.07 bits per heavy atom. The molecule has 0 saturated heterocycles. The van der Waals surface area contributed by atoms with Gasteiger partial charge in [0.05, 0.1) is 11.3 Å². The lowest BCUT2D eigenvalue weighted by Gasteiger charge is -2.29. The second kappa shape index (κ2) is 9.27. The highest BCUT2D eigenvalue weighted by atomic mass is 16.6. The van der Waals surface area contributed by atoms with Crippen LogP contribution in [0.3, 0.4) is 0 Å². The van der Waals surface area contributed by atoms with Crippen LogP contribution in [-0.2, 0) is 4.74 Å². The van der Waals surface area contributed by atoms with Crippen molar-refractivity contribution in [2.75, 3.05) is 18.1 Å². The van der Waals surface area contributed by atoms with Gasteiger partial charge in [0.25, 0.3) is 0 Å². The number of benzene rings is 2. The van der Waals surface area contributed by atoms with Gasteiger partial charge in [-0.15, -0.1) is 6.58 Å². The van der Waals surface area contributed by atoms with E-state index in [1.807, 2.05) is 70.2 Å². The zero-order chi connectivity index (χ0) is 20.7. The Morgan fingerprint density at radius 3 is 2.32 bits per heavy atom. The van der Waals surface area contributed by atoms with Crippen molar-refractivity contribution in [2.45, 2.75) is 33.3 Å². The molecule has 2 rings (SSSR count). The van der Waals surface area contributed by atoms with Gasteiger partial charge in [0, 0.05) is 12.2 Å². The lowest BCUT2D eigenvalue weighted by molar-refractivity contribution is 0.00688. The largest absolute Gasteiger partial charge is 0.487 e. The van der Waals surface area contributed by atoms with Crippen LogP contribution in [0.1, 0.15) is 36.7 Å². The number of para-hydroxylation sites is 1. The van der Waals surface area contributed by atoms with Crippen LogP contribution in [0, 0.1) is 6.92 Å². The van der Waals surface area contributed by atoms with E-state index in [2.05, 4.69) is 18.1 Å². The van der Waals surface area contributed by atoms with Crippen LogP contribution in [0.15, 0.2) is 67.8 Å². The molecule has 0 atom stereocenters. The molecule has 0 N–H and O–H groups in total. The number of esters is 1. The van der Waals surface area contributed by atoms with Crippen molar-refractivity contribution in [2.24, 2.45) is 0 Å². The van der Waals surface area contributed by atoms with Crippen LogP contribution < -0.4 is 9.64 Å². The maximum Gasteiger partial charge on any atom is 0.338 e. The summed E-state index contributed by atoms with van der Waals surface area (Å²) in [5.74, 6) is 0.323. The summed E-state index contributed by atoms with van der Waals surface area (Å²) in [4.78, 5) is 14.8. The predicted molar refractivity (Wildman–Crippen MR) is 116 cm³/mol. The third kappa shape index (κ3) is 5.26. The van der Waals surface area contributed by atoms with Crippen molar-refractivity contribution in [1.29, 1.82) is 0 Å². The predicted octanol–water partition coefficient (Wildman–Crippen LogP) is 5.84. The van der Waals surface area contributed by atoms with E-state index in [-0.39, 0.29) is 5.97 Å². The Bertz CT molecular complexity index is 835. The summed E-state index contributed by atoms with van der Waals surface area (Å²) in [5, 5.41) is 0. The molecule has 4 heteroatoms. The van der Waals surface area contributed by atoms with Crippen LogP contribution in [0.2, 0.25) is 0 Å². The van der Waals surface area contributed by atoms with Crippen molar-refractivity contribution < 1.29 is 14.3 Å². The van der Waals surface area contributed by atoms with Crippen LogP contribution in [-0.4, -0.2) is 24.7 Å². The first kappa shape index (κ1) is 21.3. The van der Waals surface area contributed by atoms with Gasteiger partial charge < -0.3 is 14.4 Å². The molecule has 4 nitrogen and oxygen atoms in total. The van der Waals surface area contributed by atoms with Gasteiger partial charge in [-0.3, -0.25) is 0 Å². The van der Waals surface area contributed by atoms with Crippen LogP contribution in [0.4, 0.5) is 11.4 Å². The zero-order valence-corrected chi connectivity index (χ0v) is 17.2. The number of nitrogens with zero attached hydrogens (tertiary/aromatic N) is 1. The molecule has 2 aromatic rings. The molecule has 2 aromatic carbocycles. The summed E-state index contributed by atoms with van der Waals surface area (Å²) < 4.78 is 11.5. The van der Waals surface area contributed by atoms with Gasteiger partial charge in [0.1, 0.15) is 18.0 Å². The summed E-state index contributed by atoms with van der Waals surface area (Å²) in [5.41, 5.74) is 2.54. The number of hydrogen-bond acceptors (Lipinski definition) is 4. The number of anilines is 2. The van der Waals surface area contributed by atoms with E-state index in [9.17, 15) is 4.79 Å². The van der Waals surface area contributed by atoms with Gasteiger partial charge >= 0.3 is 5.97 Å². The van der Waals surface area contributed by atoms with Gasteiger partial charge in [-0.25, -0.2) is 4.79 Å². The average molecular weight is 380 g/mol. The quantitative estimate of drug-likeness (QED) is 0.427. The fourth-order valence-electron chi connectivity index (χ4n) is 2.89. The Hall–Kier alpha value is -3.01. The van der Waals surface area contributed by atoms with Crippen LogP contribution >= 0.6 is 0 Å². The highest BCUT2D eigenvalue weighted by molar-refractivity contribution is 5.94. The minimum atomic E-state index is -0.568. The fraction of sp³-hybridized carbons (Fsp3) is 0.292. The van der Waals surface area contributed by atoms with Crippen molar-refractivity contribution >= 4 is 17.3 Å². The molecule has 0 saturated carbocycles. The molecule has 0 aliphatic heterocycles.